The minimum absolute atomic E-state index is 0.0440. The molecule has 1 amide bonds. The summed E-state index contributed by atoms with van der Waals surface area (Å²) >= 11 is 0. The van der Waals surface area contributed by atoms with Gasteiger partial charge in [0.05, 0.1) is 0 Å². The molecule has 0 aromatic heterocycles. The average molecular weight is 277 g/mol. The minimum Gasteiger partial charge on any atom is -0.508 e. The largest absolute Gasteiger partial charge is 0.508 e. The minimum atomic E-state index is -0.899. The fourth-order valence-electron chi connectivity index (χ4n) is 1.81. The lowest BCUT2D eigenvalue weighted by molar-refractivity contribution is 0.0984. The second-order valence-electron chi connectivity index (χ2n) is 4.43. The van der Waals surface area contributed by atoms with E-state index in [1.54, 1.807) is 0 Å². The van der Waals surface area contributed by atoms with Crippen LogP contribution in [-0.2, 0) is 0 Å². The van der Waals surface area contributed by atoms with Crippen molar-refractivity contribution in [2.45, 2.75) is 6.92 Å². The number of aromatic hydroxyl groups is 1. The Labute approximate surface area is 115 Å². The Balaban J connectivity index is 2.41. The summed E-state index contributed by atoms with van der Waals surface area (Å²) in [6, 6.07) is 8.10. The molecule has 0 bridgehead atoms. The van der Waals surface area contributed by atoms with Gasteiger partial charge in [-0.05, 0) is 42.8 Å². The van der Waals surface area contributed by atoms with Crippen LogP contribution in [0.2, 0.25) is 0 Å². The number of benzene rings is 2. The van der Waals surface area contributed by atoms with E-state index in [0.717, 1.165) is 11.0 Å². The molecule has 0 radical (unpaired) electrons. The van der Waals surface area contributed by atoms with Gasteiger partial charge in [0.15, 0.2) is 0 Å². The second kappa shape index (κ2) is 5.28. The molecule has 2 rings (SSSR count). The Bertz CT molecular complexity index is 654. The van der Waals surface area contributed by atoms with Gasteiger partial charge in [0.2, 0.25) is 0 Å². The van der Waals surface area contributed by atoms with Crippen LogP contribution in [0.15, 0.2) is 36.4 Å². The SMILES string of the molecule is Cc1ccc(F)c(C(=O)N(C)c2ccc(O)cc2)c1F. The van der Waals surface area contributed by atoms with Crippen LogP contribution >= 0.6 is 0 Å². The number of hydrogen-bond acceptors (Lipinski definition) is 2. The highest BCUT2D eigenvalue weighted by Gasteiger charge is 2.23. The fraction of sp³-hybridized carbons (Fsp3) is 0.133. The van der Waals surface area contributed by atoms with Crippen LogP contribution in [0.4, 0.5) is 14.5 Å². The Morgan fingerprint density at radius 2 is 1.70 bits per heavy atom. The molecule has 0 aliphatic rings. The fourth-order valence-corrected chi connectivity index (χ4v) is 1.81. The number of rotatable bonds is 2. The highest BCUT2D eigenvalue weighted by Crippen LogP contribution is 2.22. The zero-order valence-electron chi connectivity index (χ0n) is 11.0. The van der Waals surface area contributed by atoms with Crippen LogP contribution in [0.25, 0.3) is 0 Å². The van der Waals surface area contributed by atoms with Crippen molar-refractivity contribution >= 4 is 11.6 Å². The molecule has 0 aliphatic heterocycles. The van der Waals surface area contributed by atoms with E-state index < -0.39 is 23.1 Å². The third-order valence-electron chi connectivity index (χ3n) is 3.04. The first-order chi connectivity index (χ1) is 9.41. The van der Waals surface area contributed by atoms with Gasteiger partial charge in [-0.1, -0.05) is 6.07 Å². The zero-order chi connectivity index (χ0) is 14.9. The van der Waals surface area contributed by atoms with Crippen LogP contribution in [-0.4, -0.2) is 18.1 Å². The number of amides is 1. The van der Waals surface area contributed by atoms with E-state index in [9.17, 15) is 18.7 Å². The van der Waals surface area contributed by atoms with Crippen molar-refractivity contribution in [3.05, 3.63) is 59.2 Å². The van der Waals surface area contributed by atoms with Crippen molar-refractivity contribution < 1.29 is 18.7 Å². The number of carbonyl (C=O) groups is 1. The van der Waals surface area contributed by atoms with Crippen molar-refractivity contribution in [3.63, 3.8) is 0 Å². The topological polar surface area (TPSA) is 40.5 Å². The van der Waals surface area contributed by atoms with E-state index in [2.05, 4.69) is 0 Å². The summed E-state index contributed by atoms with van der Waals surface area (Å²) in [4.78, 5) is 13.3. The Morgan fingerprint density at radius 3 is 2.30 bits per heavy atom. The number of hydrogen-bond donors (Lipinski definition) is 1. The summed E-state index contributed by atoms with van der Waals surface area (Å²) in [5, 5.41) is 9.20. The van der Waals surface area contributed by atoms with E-state index in [1.807, 2.05) is 0 Å². The number of nitrogens with zero attached hydrogens (tertiary/aromatic N) is 1. The van der Waals surface area contributed by atoms with Crippen molar-refractivity contribution in [2.24, 2.45) is 0 Å². The maximum Gasteiger partial charge on any atom is 0.263 e. The molecule has 0 unspecified atom stereocenters. The normalized spacial score (nSPS) is 10.4. The zero-order valence-corrected chi connectivity index (χ0v) is 11.0. The molecule has 0 spiro atoms. The van der Waals surface area contributed by atoms with E-state index in [0.29, 0.717) is 5.69 Å². The maximum atomic E-state index is 13.9. The number of aryl methyl sites for hydroxylation is 1. The van der Waals surface area contributed by atoms with Gasteiger partial charge in [-0.15, -0.1) is 0 Å². The van der Waals surface area contributed by atoms with Crippen LogP contribution in [0.1, 0.15) is 15.9 Å². The van der Waals surface area contributed by atoms with Crippen molar-refractivity contribution in [2.75, 3.05) is 11.9 Å². The summed E-state index contributed by atoms with van der Waals surface area (Å²) in [7, 11) is 1.41. The molecule has 20 heavy (non-hydrogen) atoms. The number of phenols is 1. The molecule has 2 aromatic rings. The maximum absolute atomic E-state index is 13.9. The lowest BCUT2D eigenvalue weighted by atomic mass is 10.1. The first-order valence-corrected chi connectivity index (χ1v) is 5.93. The van der Waals surface area contributed by atoms with Crippen molar-refractivity contribution in [3.8, 4) is 5.75 Å². The Kier molecular flexibility index (Phi) is 3.70. The molecular formula is C15H13F2NO2. The first-order valence-electron chi connectivity index (χ1n) is 5.93. The molecule has 3 nitrogen and oxygen atoms in total. The Morgan fingerprint density at radius 1 is 1.10 bits per heavy atom. The third-order valence-corrected chi connectivity index (χ3v) is 3.04. The van der Waals surface area contributed by atoms with E-state index in [4.69, 9.17) is 0 Å². The predicted molar refractivity (Wildman–Crippen MR) is 71.9 cm³/mol. The monoisotopic (exact) mass is 277 g/mol. The van der Waals surface area contributed by atoms with Crippen molar-refractivity contribution in [1.82, 2.24) is 0 Å². The molecular weight excluding hydrogens is 264 g/mol. The Hall–Kier alpha value is -2.43. The van der Waals surface area contributed by atoms with Gasteiger partial charge in [0.1, 0.15) is 22.9 Å². The molecule has 0 fully saturated rings. The number of carbonyl (C=O) groups excluding carboxylic acids is 1. The molecule has 0 saturated carbocycles. The molecule has 0 saturated heterocycles. The second-order valence-corrected chi connectivity index (χ2v) is 4.43. The van der Waals surface area contributed by atoms with Gasteiger partial charge in [-0.3, -0.25) is 4.79 Å². The molecule has 0 atom stereocenters. The number of anilines is 1. The quantitative estimate of drug-likeness (QED) is 0.915. The van der Waals surface area contributed by atoms with Gasteiger partial charge in [-0.2, -0.15) is 0 Å². The molecule has 1 N–H and O–H groups in total. The first kappa shape index (κ1) is 14.0. The van der Waals surface area contributed by atoms with Gasteiger partial charge in [-0.25, -0.2) is 8.78 Å². The standard InChI is InChI=1S/C15H13F2NO2/c1-9-3-8-12(16)13(14(9)17)15(20)18(2)10-4-6-11(19)7-5-10/h3-8,19H,1-2H3. The highest BCUT2D eigenvalue weighted by atomic mass is 19.1. The summed E-state index contributed by atoms with van der Waals surface area (Å²) in [6.07, 6.45) is 0. The molecule has 5 heteroatoms. The van der Waals surface area contributed by atoms with Crippen LogP contribution in [0, 0.1) is 18.6 Å². The summed E-state index contributed by atoms with van der Waals surface area (Å²) in [6.45, 7) is 1.46. The smallest absolute Gasteiger partial charge is 0.263 e. The van der Waals surface area contributed by atoms with E-state index in [1.165, 1.54) is 44.3 Å². The van der Waals surface area contributed by atoms with E-state index >= 15 is 0 Å². The van der Waals surface area contributed by atoms with Crippen LogP contribution < -0.4 is 4.90 Å². The predicted octanol–water partition coefficient (Wildman–Crippen LogP) is 3.26. The lowest BCUT2D eigenvalue weighted by Gasteiger charge is -2.18. The van der Waals surface area contributed by atoms with Gasteiger partial charge in [0.25, 0.3) is 5.91 Å². The average Bonchev–Trinajstić information content (AvgIpc) is 2.43. The molecule has 0 heterocycles. The van der Waals surface area contributed by atoms with Gasteiger partial charge in [0, 0.05) is 12.7 Å². The summed E-state index contributed by atoms with van der Waals surface area (Å²) in [5.41, 5.74) is 0.0440. The van der Waals surface area contributed by atoms with Crippen LogP contribution in [0.5, 0.6) is 5.75 Å². The lowest BCUT2D eigenvalue weighted by Crippen LogP contribution is -2.28. The number of halogens is 2. The molecule has 0 aliphatic carbocycles. The van der Waals surface area contributed by atoms with Crippen LogP contribution in [0.3, 0.4) is 0 Å². The van der Waals surface area contributed by atoms with Gasteiger partial charge >= 0.3 is 0 Å². The third kappa shape index (κ3) is 2.47. The molecule has 104 valence electrons. The van der Waals surface area contributed by atoms with E-state index in [-0.39, 0.29) is 11.3 Å². The number of phenolic OH excluding ortho intramolecular Hbond substituents is 1. The molecule has 2 aromatic carbocycles. The van der Waals surface area contributed by atoms with Crippen molar-refractivity contribution in [1.29, 1.82) is 0 Å². The summed E-state index contributed by atoms with van der Waals surface area (Å²) in [5.74, 6) is -2.50. The highest BCUT2D eigenvalue weighted by molar-refractivity contribution is 6.06. The van der Waals surface area contributed by atoms with Gasteiger partial charge < -0.3 is 10.0 Å². The summed E-state index contributed by atoms with van der Waals surface area (Å²) < 4.78 is 27.6.